The number of carbonyl (C=O) groups excluding carboxylic acids is 1. The molecule has 1 unspecified atom stereocenters. The van der Waals surface area contributed by atoms with Crippen LogP contribution in [0.4, 0.5) is 0 Å². The first kappa shape index (κ1) is 22.5. The standard InChI is InChI=1S/C24H27N3O3S/c1-27(2)22(17-5-10-20(29-3)11-6-17)15-25-23(28)14-9-19-16-31-24(26-19)18-7-12-21(30-4)13-8-18/h5-14,16,22H,15H2,1-4H3,(H,25,28)/b14-9+. The molecule has 3 rings (SSSR count). The highest BCUT2D eigenvalue weighted by Crippen LogP contribution is 2.26. The second-order valence-corrected chi connectivity index (χ2v) is 8.00. The van der Waals surface area contributed by atoms with E-state index >= 15 is 0 Å². The maximum absolute atomic E-state index is 12.3. The van der Waals surface area contributed by atoms with E-state index in [1.807, 2.05) is 68.0 Å². The van der Waals surface area contributed by atoms with Gasteiger partial charge in [0.2, 0.25) is 5.91 Å². The number of nitrogens with zero attached hydrogens (tertiary/aromatic N) is 2. The Bertz CT molecular complexity index is 1010. The monoisotopic (exact) mass is 437 g/mol. The van der Waals surface area contributed by atoms with Crippen LogP contribution in [0.15, 0.2) is 60.0 Å². The van der Waals surface area contributed by atoms with Gasteiger partial charge in [-0.05, 0) is 62.1 Å². The Morgan fingerprint density at radius 2 is 1.68 bits per heavy atom. The van der Waals surface area contributed by atoms with Crippen LogP contribution < -0.4 is 14.8 Å². The zero-order chi connectivity index (χ0) is 22.2. The molecule has 0 saturated carbocycles. The maximum Gasteiger partial charge on any atom is 0.244 e. The van der Waals surface area contributed by atoms with Gasteiger partial charge in [0.25, 0.3) is 0 Å². The van der Waals surface area contributed by atoms with Gasteiger partial charge in [-0.15, -0.1) is 11.3 Å². The highest BCUT2D eigenvalue weighted by molar-refractivity contribution is 7.13. The van der Waals surface area contributed by atoms with Crippen molar-refractivity contribution >= 4 is 23.3 Å². The number of methoxy groups -OCH3 is 2. The summed E-state index contributed by atoms with van der Waals surface area (Å²) in [6, 6.07) is 15.7. The molecule has 0 aliphatic rings. The van der Waals surface area contributed by atoms with E-state index in [4.69, 9.17) is 9.47 Å². The van der Waals surface area contributed by atoms with Crippen molar-refractivity contribution in [3.63, 3.8) is 0 Å². The molecule has 0 radical (unpaired) electrons. The molecule has 1 aromatic heterocycles. The second kappa shape index (κ2) is 10.7. The summed E-state index contributed by atoms with van der Waals surface area (Å²) in [5, 5.41) is 5.81. The van der Waals surface area contributed by atoms with Crippen molar-refractivity contribution in [1.82, 2.24) is 15.2 Å². The van der Waals surface area contributed by atoms with Gasteiger partial charge in [0.15, 0.2) is 0 Å². The van der Waals surface area contributed by atoms with E-state index in [9.17, 15) is 4.79 Å². The third-order valence-corrected chi connectivity index (χ3v) is 5.77. The number of ether oxygens (including phenoxy) is 2. The Balaban J connectivity index is 1.58. The van der Waals surface area contributed by atoms with Crippen LogP contribution >= 0.6 is 11.3 Å². The smallest absolute Gasteiger partial charge is 0.244 e. The van der Waals surface area contributed by atoms with Crippen molar-refractivity contribution in [2.45, 2.75) is 6.04 Å². The molecular weight excluding hydrogens is 410 g/mol. The molecule has 1 amide bonds. The first-order valence-electron chi connectivity index (χ1n) is 9.86. The summed E-state index contributed by atoms with van der Waals surface area (Å²) in [6.07, 6.45) is 3.25. The normalized spacial score (nSPS) is 12.2. The van der Waals surface area contributed by atoms with E-state index < -0.39 is 0 Å². The van der Waals surface area contributed by atoms with E-state index in [1.165, 1.54) is 17.4 Å². The summed E-state index contributed by atoms with van der Waals surface area (Å²) < 4.78 is 10.4. The van der Waals surface area contributed by atoms with Gasteiger partial charge in [0, 0.05) is 23.6 Å². The van der Waals surface area contributed by atoms with Gasteiger partial charge in [-0.25, -0.2) is 4.98 Å². The fourth-order valence-corrected chi connectivity index (χ4v) is 3.86. The molecule has 1 N–H and O–H groups in total. The maximum atomic E-state index is 12.3. The third kappa shape index (κ3) is 6.16. The topological polar surface area (TPSA) is 63.7 Å². The summed E-state index contributed by atoms with van der Waals surface area (Å²) in [4.78, 5) is 19.0. The van der Waals surface area contributed by atoms with Crippen LogP contribution in [-0.2, 0) is 4.79 Å². The van der Waals surface area contributed by atoms with E-state index in [0.29, 0.717) is 6.54 Å². The van der Waals surface area contributed by atoms with Crippen LogP contribution in [0.1, 0.15) is 17.3 Å². The predicted molar refractivity (Wildman–Crippen MR) is 126 cm³/mol. The van der Waals surface area contributed by atoms with E-state index in [1.54, 1.807) is 20.3 Å². The molecule has 162 valence electrons. The van der Waals surface area contributed by atoms with Crippen molar-refractivity contribution in [1.29, 1.82) is 0 Å². The molecule has 6 nitrogen and oxygen atoms in total. The summed E-state index contributed by atoms with van der Waals surface area (Å²) >= 11 is 1.54. The molecule has 0 saturated heterocycles. The average Bonchev–Trinajstić information content (AvgIpc) is 3.27. The molecule has 2 aromatic carbocycles. The lowest BCUT2D eigenvalue weighted by Gasteiger charge is -2.25. The molecule has 0 aliphatic heterocycles. The van der Waals surface area contributed by atoms with Gasteiger partial charge in [0.05, 0.1) is 26.0 Å². The fraction of sp³-hybridized carbons (Fsp3) is 0.250. The number of hydrogen-bond acceptors (Lipinski definition) is 6. The first-order valence-corrected chi connectivity index (χ1v) is 10.7. The molecule has 7 heteroatoms. The van der Waals surface area contributed by atoms with Gasteiger partial charge in [-0.3, -0.25) is 4.79 Å². The number of amides is 1. The Kier molecular flexibility index (Phi) is 7.81. The number of rotatable bonds is 9. The minimum atomic E-state index is -0.153. The molecule has 0 fully saturated rings. The van der Waals surface area contributed by atoms with Gasteiger partial charge < -0.3 is 19.7 Å². The quantitative estimate of drug-likeness (QED) is 0.507. The summed E-state index contributed by atoms with van der Waals surface area (Å²) in [5.41, 5.74) is 2.88. The van der Waals surface area contributed by atoms with Crippen LogP contribution in [0.5, 0.6) is 11.5 Å². The molecule has 1 atom stereocenters. The van der Waals surface area contributed by atoms with Crippen molar-refractivity contribution in [2.24, 2.45) is 0 Å². The third-order valence-electron chi connectivity index (χ3n) is 4.86. The van der Waals surface area contributed by atoms with Crippen molar-refractivity contribution < 1.29 is 14.3 Å². The molecular formula is C24H27N3O3S. The second-order valence-electron chi connectivity index (χ2n) is 7.14. The van der Waals surface area contributed by atoms with Crippen LogP contribution in [0.2, 0.25) is 0 Å². The van der Waals surface area contributed by atoms with Crippen molar-refractivity contribution in [3.8, 4) is 22.1 Å². The highest BCUT2D eigenvalue weighted by Gasteiger charge is 2.15. The molecule has 0 spiro atoms. The predicted octanol–water partition coefficient (Wildman–Crippen LogP) is 4.26. The Morgan fingerprint density at radius 3 is 2.26 bits per heavy atom. The number of hydrogen-bond donors (Lipinski definition) is 1. The van der Waals surface area contributed by atoms with Crippen molar-refractivity contribution in [3.05, 3.63) is 71.2 Å². The number of nitrogens with one attached hydrogen (secondary N) is 1. The summed E-state index contributed by atoms with van der Waals surface area (Å²) in [7, 11) is 7.27. The van der Waals surface area contributed by atoms with E-state index in [2.05, 4.69) is 15.2 Å². The van der Waals surface area contributed by atoms with Gasteiger partial charge >= 0.3 is 0 Å². The van der Waals surface area contributed by atoms with Crippen LogP contribution in [-0.4, -0.2) is 50.7 Å². The highest BCUT2D eigenvalue weighted by atomic mass is 32.1. The number of aromatic nitrogens is 1. The number of benzene rings is 2. The molecule has 0 aliphatic carbocycles. The van der Waals surface area contributed by atoms with E-state index in [0.717, 1.165) is 33.3 Å². The van der Waals surface area contributed by atoms with Crippen molar-refractivity contribution in [2.75, 3.05) is 34.9 Å². The Labute approximate surface area is 187 Å². The summed E-state index contributed by atoms with van der Waals surface area (Å²) in [6.45, 7) is 0.497. The number of carbonyl (C=O) groups is 1. The summed E-state index contributed by atoms with van der Waals surface area (Å²) in [5.74, 6) is 1.47. The minimum absolute atomic E-state index is 0.0594. The lowest BCUT2D eigenvalue weighted by molar-refractivity contribution is -0.116. The van der Waals surface area contributed by atoms with Crippen LogP contribution in [0.3, 0.4) is 0 Å². The average molecular weight is 438 g/mol. The minimum Gasteiger partial charge on any atom is -0.497 e. The van der Waals surface area contributed by atoms with Gasteiger partial charge in [0.1, 0.15) is 16.5 Å². The Morgan fingerprint density at radius 1 is 1.06 bits per heavy atom. The Hall–Kier alpha value is -3.16. The zero-order valence-electron chi connectivity index (χ0n) is 18.2. The fourth-order valence-electron chi connectivity index (χ4n) is 3.07. The molecule has 1 heterocycles. The number of likely N-dealkylation sites (N-methyl/N-ethyl adjacent to an activating group) is 1. The molecule has 3 aromatic rings. The molecule has 31 heavy (non-hydrogen) atoms. The van der Waals surface area contributed by atoms with Gasteiger partial charge in [-0.1, -0.05) is 12.1 Å². The number of thiazole rings is 1. The van der Waals surface area contributed by atoms with E-state index in [-0.39, 0.29) is 11.9 Å². The van der Waals surface area contributed by atoms with Crippen LogP contribution in [0, 0.1) is 0 Å². The van der Waals surface area contributed by atoms with Gasteiger partial charge in [-0.2, -0.15) is 0 Å². The SMILES string of the molecule is COc1ccc(-c2nc(/C=C/C(=O)NCC(c3ccc(OC)cc3)N(C)C)cs2)cc1. The lowest BCUT2D eigenvalue weighted by atomic mass is 10.1. The molecule has 0 bridgehead atoms. The first-order chi connectivity index (χ1) is 15.0. The lowest BCUT2D eigenvalue weighted by Crippen LogP contribution is -2.33. The largest absolute Gasteiger partial charge is 0.497 e. The van der Waals surface area contributed by atoms with Crippen LogP contribution in [0.25, 0.3) is 16.6 Å². The zero-order valence-corrected chi connectivity index (χ0v) is 19.0.